The van der Waals surface area contributed by atoms with Crippen LogP contribution >= 0.6 is 0 Å². The van der Waals surface area contributed by atoms with Crippen molar-refractivity contribution < 1.29 is 9.18 Å². The van der Waals surface area contributed by atoms with Gasteiger partial charge in [-0.25, -0.2) is 9.38 Å². The number of fused-ring (bicyclic) bond motifs is 1. The lowest BCUT2D eigenvalue weighted by Crippen LogP contribution is -2.31. The van der Waals surface area contributed by atoms with Gasteiger partial charge in [-0.1, -0.05) is 60.7 Å². The number of nitrogens with zero attached hydrogens (tertiary/aromatic N) is 2. The largest absolute Gasteiger partial charge is 0.359 e. The molecule has 4 nitrogen and oxygen atoms in total. The molecule has 0 bridgehead atoms. The second-order valence-electron chi connectivity index (χ2n) is 9.89. The summed E-state index contributed by atoms with van der Waals surface area (Å²) >= 11 is 0. The number of aliphatic imine (C=N–C) groups is 1. The van der Waals surface area contributed by atoms with Crippen LogP contribution in [-0.2, 0) is 13.0 Å². The average molecular weight is 506 g/mol. The summed E-state index contributed by atoms with van der Waals surface area (Å²) < 4.78 is 13.2. The maximum atomic E-state index is 13.2. The Hall–Kier alpha value is -4.25. The van der Waals surface area contributed by atoms with Gasteiger partial charge >= 0.3 is 0 Å². The summed E-state index contributed by atoms with van der Waals surface area (Å²) in [7, 11) is 1.98. The van der Waals surface area contributed by atoms with Crippen molar-refractivity contribution in [2.45, 2.75) is 38.8 Å². The minimum Gasteiger partial charge on any atom is -0.359 e. The van der Waals surface area contributed by atoms with Crippen molar-refractivity contribution in [1.82, 2.24) is 10.2 Å². The molecule has 0 fully saturated rings. The van der Waals surface area contributed by atoms with E-state index in [2.05, 4.69) is 29.6 Å². The zero-order chi connectivity index (χ0) is 26.5. The summed E-state index contributed by atoms with van der Waals surface area (Å²) in [6.45, 7) is 2.61. The second kappa shape index (κ2) is 11.4. The van der Waals surface area contributed by atoms with E-state index in [1.54, 1.807) is 12.1 Å². The molecule has 0 aliphatic heterocycles. The zero-order valence-corrected chi connectivity index (χ0v) is 21.8. The number of nitrogens with one attached hydrogen (secondary N) is 1. The van der Waals surface area contributed by atoms with Crippen LogP contribution in [-0.4, -0.2) is 23.7 Å². The molecule has 1 unspecified atom stereocenters. The Balaban J connectivity index is 1.29. The highest BCUT2D eigenvalue weighted by Crippen LogP contribution is 2.33. The molecule has 1 atom stereocenters. The maximum Gasteiger partial charge on any atom is 0.251 e. The van der Waals surface area contributed by atoms with Crippen molar-refractivity contribution in [3.8, 4) is 11.1 Å². The first-order chi connectivity index (χ1) is 18.5. The van der Waals surface area contributed by atoms with Gasteiger partial charge in [-0.15, -0.1) is 0 Å². The van der Waals surface area contributed by atoms with Gasteiger partial charge in [-0.2, -0.15) is 0 Å². The van der Waals surface area contributed by atoms with Gasteiger partial charge in [0.25, 0.3) is 5.91 Å². The number of carbonyl (C=O) groups excluding carboxylic acids is 1. The van der Waals surface area contributed by atoms with Crippen LogP contribution in [0.5, 0.6) is 0 Å². The topological polar surface area (TPSA) is 44.7 Å². The van der Waals surface area contributed by atoms with E-state index in [1.807, 2.05) is 67.4 Å². The van der Waals surface area contributed by atoms with Gasteiger partial charge in [0.05, 0.1) is 11.7 Å². The Morgan fingerprint density at radius 1 is 0.947 bits per heavy atom. The van der Waals surface area contributed by atoms with Gasteiger partial charge in [-0.3, -0.25) is 4.79 Å². The molecule has 1 aliphatic carbocycles. The Kier molecular flexibility index (Phi) is 7.64. The lowest BCUT2D eigenvalue weighted by Gasteiger charge is -2.27. The highest BCUT2D eigenvalue weighted by Gasteiger charge is 2.23. The lowest BCUT2D eigenvalue weighted by atomic mass is 9.87. The van der Waals surface area contributed by atoms with Crippen LogP contribution in [0, 0.1) is 5.82 Å². The molecule has 1 N–H and O–H groups in total. The zero-order valence-electron chi connectivity index (χ0n) is 21.8. The Labute approximate surface area is 223 Å². The maximum absolute atomic E-state index is 13.2. The summed E-state index contributed by atoms with van der Waals surface area (Å²) in [4.78, 5) is 20.0. The molecule has 5 heteroatoms. The summed E-state index contributed by atoms with van der Waals surface area (Å²) in [5.74, 6) is 0.567. The molecule has 0 heterocycles. The van der Waals surface area contributed by atoms with Crippen molar-refractivity contribution in [2.24, 2.45) is 4.99 Å². The number of amides is 1. The highest BCUT2D eigenvalue weighted by molar-refractivity contribution is 5.95. The van der Waals surface area contributed by atoms with E-state index >= 15 is 0 Å². The molecule has 192 valence electrons. The van der Waals surface area contributed by atoms with Crippen molar-refractivity contribution >= 4 is 17.4 Å². The quantitative estimate of drug-likeness (QED) is 0.218. The Morgan fingerprint density at radius 2 is 1.66 bits per heavy atom. The van der Waals surface area contributed by atoms with Crippen LogP contribution in [0.2, 0.25) is 0 Å². The number of amidine groups is 1. The average Bonchev–Trinajstić information content (AvgIpc) is 2.95. The molecule has 4 aromatic carbocycles. The summed E-state index contributed by atoms with van der Waals surface area (Å²) in [6, 6.07) is 30.7. The van der Waals surface area contributed by atoms with E-state index in [0.717, 1.165) is 53.0 Å². The Bertz CT molecular complexity index is 1430. The fraction of sp³-hybridized carbons (Fsp3) is 0.212. The number of carbonyl (C=O) groups is 1. The molecule has 0 saturated carbocycles. The summed E-state index contributed by atoms with van der Waals surface area (Å²) in [5.41, 5.74) is 7.16. The fourth-order valence-corrected chi connectivity index (χ4v) is 4.94. The predicted molar refractivity (Wildman–Crippen MR) is 152 cm³/mol. The number of hydrogen-bond acceptors (Lipinski definition) is 2. The first kappa shape index (κ1) is 25.4. The smallest absolute Gasteiger partial charge is 0.251 e. The number of halogens is 1. The van der Waals surface area contributed by atoms with E-state index in [0.29, 0.717) is 12.1 Å². The number of rotatable bonds is 6. The van der Waals surface area contributed by atoms with Crippen LogP contribution in [0.4, 0.5) is 10.1 Å². The molecule has 0 aromatic heterocycles. The van der Waals surface area contributed by atoms with Crippen LogP contribution in [0.25, 0.3) is 11.1 Å². The van der Waals surface area contributed by atoms with E-state index in [-0.39, 0.29) is 17.8 Å². The van der Waals surface area contributed by atoms with E-state index < -0.39 is 0 Å². The summed E-state index contributed by atoms with van der Waals surface area (Å²) in [5, 5.41) is 3.26. The van der Waals surface area contributed by atoms with Crippen molar-refractivity contribution in [1.29, 1.82) is 0 Å². The highest BCUT2D eigenvalue weighted by atomic mass is 19.1. The first-order valence-electron chi connectivity index (χ1n) is 13.1. The third-order valence-corrected chi connectivity index (χ3v) is 7.18. The van der Waals surface area contributed by atoms with Crippen molar-refractivity contribution in [2.75, 3.05) is 7.05 Å². The minimum absolute atomic E-state index is 0.0487. The van der Waals surface area contributed by atoms with Gasteiger partial charge in [0, 0.05) is 19.2 Å². The number of benzene rings is 4. The Morgan fingerprint density at radius 3 is 2.39 bits per heavy atom. The molecule has 5 rings (SSSR count). The van der Waals surface area contributed by atoms with Crippen LogP contribution in [0.15, 0.2) is 102 Å². The van der Waals surface area contributed by atoms with Crippen LogP contribution in [0.3, 0.4) is 0 Å². The van der Waals surface area contributed by atoms with Crippen LogP contribution < -0.4 is 5.32 Å². The monoisotopic (exact) mass is 505 g/mol. The molecule has 38 heavy (non-hydrogen) atoms. The van der Waals surface area contributed by atoms with Crippen LogP contribution in [0.1, 0.15) is 52.9 Å². The third kappa shape index (κ3) is 6.00. The van der Waals surface area contributed by atoms with Gasteiger partial charge < -0.3 is 10.2 Å². The molecular formula is C33H32FN3O. The van der Waals surface area contributed by atoms with Crippen molar-refractivity contribution in [3.05, 3.63) is 125 Å². The first-order valence-corrected chi connectivity index (χ1v) is 13.1. The van der Waals surface area contributed by atoms with Gasteiger partial charge in [0.2, 0.25) is 0 Å². The number of hydrogen-bond donors (Lipinski definition) is 1. The normalized spacial score (nSPS) is 15.0. The SMILES string of the molecule is CC(=Nc1ccc2c(c1)C(NC(=O)c1ccc(-c3ccccc3)cc1)CCC2)N(C)Cc1ccc(F)cc1. The molecular weight excluding hydrogens is 473 g/mol. The van der Waals surface area contributed by atoms with E-state index in [1.165, 1.54) is 17.7 Å². The minimum atomic E-state index is -0.235. The molecule has 1 amide bonds. The van der Waals surface area contributed by atoms with E-state index in [9.17, 15) is 9.18 Å². The number of aryl methyl sites for hydroxylation is 1. The van der Waals surface area contributed by atoms with E-state index in [4.69, 9.17) is 4.99 Å². The molecule has 0 spiro atoms. The van der Waals surface area contributed by atoms with Crippen molar-refractivity contribution in [3.63, 3.8) is 0 Å². The van der Waals surface area contributed by atoms with Gasteiger partial charge in [0.15, 0.2) is 0 Å². The molecule has 1 aliphatic rings. The van der Waals surface area contributed by atoms with Gasteiger partial charge in [0.1, 0.15) is 11.7 Å². The standard InChI is InChI=1S/C33H32FN3O/c1-23(37(2)22-24-11-18-29(34)19-12-24)35-30-20-17-27-9-6-10-32(31(27)21-30)36-33(38)28-15-13-26(14-16-28)25-7-4-3-5-8-25/h3-5,7-8,11-21,32H,6,9-10,22H2,1-2H3,(H,36,38). The lowest BCUT2D eigenvalue weighted by molar-refractivity contribution is 0.0932. The predicted octanol–water partition coefficient (Wildman–Crippen LogP) is 7.48. The fourth-order valence-electron chi connectivity index (χ4n) is 4.94. The molecule has 0 saturated heterocycles. The summed E-state index contributed by atoms with van der Waals surface area (Å²) in [6.07, 6.45) is 2.94. The third-order valence-electron chi connectivity index (χ3n) is 7.18. The second-order valence-corrected chi connectivity index (χ2v) is 9.89. The molecule has 4 aromatic rings. The van der Waals surface area contributed by atoms with Gasteiger partial charge in [-0.05, 0) is 90.4 Å². The molecule has 0 radical (unpaired) electrons.